The van der Waals surface area contributed by atoms with Crippen LogP contribution in [-0.4, -0.2) is 30.0 Å². The number of hydrogen-bond acceptors (Lipinski definition) is 7. The molecule has 154 valence electrons. The fraction of sp³-hybridized carbons (Fsp3) is 0.261. The lowest BCUT2D eigenvalue weighted by atomic mass is 10.1. The van der Waals surface area contributed by atoms with E-state index in [1.54, 1.807) is 10.6 Å². The number of fused-ring (bicyclic) bond motifs is 3. The third kappa shape index (κ3) is 3.39. The molecule has 8 heteroatoms. The highest BCUT2D eigenvalue weighted by Gasteiger charge is 2.21. The lowest BCUT2D eigenvalue weighted by Gasteiger charge is -2.10. The smallest absolute Gasteiger partial charge is 0.240 e. The van der Waals surface area contributed by atoms with Crippen molar-refractivity contribution in [2.75, 3.05) is 0 Å². The normalized spacial score (nSPS) is 13.8. The topological polar surface area (TPSA) is 91.2 Å². The van der Waals surface area contributed by atoms with Gasteiger partial charge in [-0.1, -0.05) is 29.4 Å². The van der Waals surface area contributed by atoms with Crippen LogP contribution in [0.25, 0.3) is 27.9 Å². The Morgan fingerprint density at radius 1 is 1.10 bits per heavy atom. The van der Waals surface area contributed by atoms with Crippen molar-refractivity contribution in [2.45, 2.75) is 32.8 Å². The van der Waals surface area contributed by atoms with Crippen LogP contribution in [0.3, 0.4) is 0 Å². The van der Waals surface area contributed by atoms with Gasteiger partial charge in [0.25, 0.3) is 0 Å². The van der Waals surface area contributed by atoms with Crippen molar-refractivity contribution in [3.05, 3.63) is 65.7 Å². The van der Waals surface area contributed by atoms with Gasteiger partial charge in [-0.05, 0) is 49.8 Å². The van der Waals surface area contributed by atoms with Crippen molar-refractivity contribution < 1.29 is 9.26 Å². The summed E-state index contributed by atoms with van der Waals surface area (Å²) in [6.07, 6.45) is 5.75. The predicted octanol–water partition coefficient (Wildman–Crippen LogP) is 4.17. The first-order valence-electron chi connectivity index (χ1n) is 10.4. The van der Waals surface area contributed by atoms with Crippen molar-refractivity contribution in [1.29, 1.82) is 0 Å². The van der Waals surface area contributed by atoms with Crippen molar-refractivity contribution >= 4 is 16.4 Å². The molecule has 8 nitrogen and oxygen atoms in total. The third-order valence-electron chi connectivity index (χ3n) is 5.55. The predicted molar refractivity (Wildman–Crippen MR) is 114 cm³/mol. The van der Waals surface area contributed by atoms with E-state index in [1.807, 2.05) is 43.5 Å². The Hall–Kier alpha value is -3.81. The number of rotatable bonds is 6. The summed E-state index contributed by atoms with van der Waals surface area (Å²) in [5.74, 6) is 2.54. The fourth-order valence-electron chi connectivity index (χ4n) is 3.75. The second kappa shape index (κ2) is 7.16. The van der Waals surface area contributed by atoms with Crippen LogP contribution < -0.4 is 4.74 Å². The van der Waals surface area contributed by atoms with Crippen LogP contribution in [0.2, 0.25) is 0 Å². The largest absolute Gasteiger partial charge is 0.470 e. The summed E-state index contributed by atoms with van der Waals surface area (Å²) in [4.78, 5) is 4.57. The number of nitrogens with zero attached hydrogens (tertiary/aromatic N) is 6. The van der Waals surface area contributed by atoms with Gasteiger partial charge in [-0.3, -0.25) is 4.98 Å². The van der Waals surface area contributed by atoms with E-state index in [4.69, 9.17) is 9.26 Å². The lowest BCUT2D eigenvalue weighted by molar-refractivity contribution is 0.289. The second-order valence-corrected chi connectivity index (χ2v) is 8.03. The highest BCUT2D eigenvalue weighted by molar-refractivity contribution is 5.96. The molecule has 0 bridgehead atoms. The maximum Gasteiger partial charge on any atom is 0.240 e. The van der Waals surface area contributed by atoms with E-state index in [2.05, 4.69) is 31.5 Å². The van der Waals surface area contributed by atoms with Gasteiger partial charge in [0, 0.05) is 23.0 Å². The molecule has 1 aliphatic carbocycles. The highest BCUT2D eigenvalue weighted by atomic mass is 16.5. The maximum atomic E-state index is 6.12. The van der Waals surface area contributed by atoms with Crippen LogP contribution in [0.4, 0.5) is 0 Å². The van der Waals surface area contributed by atoms with E-state index in [0.29, 0.717) is 35.4 Å². The second-order valence-electron chi connectivity index (χ2n) is 8.03. The Labute approximate surface area is 177 Å². The van der Waals surface area contributed by atoms with Crippen LogP contribution in [0.1, 0.15) is 29.9 Å². The first-order chi connectivity index (χ1) is 15.2. The fourth-order valence-corrected chi connectivity index (χ4v) is 3.75. The number of aromatic nitrogens is 6. The number of ether oxygens (including phenoxy) is 1. The summed E-state index contributed by atoms with van der Waals surface area (Å²) in [6.45, 7) is 2.16. The minimum absolute atomic E-state index is 0.326. The van der Waals surface area contributed by atoms with Crippen molar-refractivity contribution in [1.82, 2.24) is 30.0 Å². The molecule has 4 heterocycles. The minimum Gasteiger partial charge on any atom is -0.470 e. The summed E-state index contributed by atoms with van der Waals surface area (Å²) in [7, 11) is 0. The average molecular weight is 412 g/mol. The van der Waals surface area contributed by atoms with Crippen LogP contribution >= 0.6 is 0 Å². The first kappa shape index (κ1) is 18.0. The molecular formula is C23H20N6O2. The van der Waals surface area contributed by atoms with Gasteiger partial charge < -0.3 is 9.26 Å². The molecule has 1 saturated carbocycles. The zero-order chi connectivity index (χ0) is 20.8. The van der Waals surface area contributed by atoms with Gasteiger partial charge in [-0.15, -0.1) is 15.3 Å². The van der Waals surface area contributed by atoms with Crippen LogP contribution in [-0.2, 0) is 13.0 Å². The maximum absolute atomic E-state index is 6.12. The zero-order valence-corrected chi connectivity index (χ0v) is 17.0. The molecule has 0 amide bonds. The van der Waals surface area contributed by atoms with Crippen molar-refractivity contribution in [2.24, 2.45) is 5.92 Å². The number of benzene rings is 1. The molecule has 1 aromatic carbocycles. The molecule has 31 heavy (non-hydrogen) atoms. The van der Waals surface area contributed by atoms with Crippen LogP contribution in [0.15, 0.2) is 53.2 Å². The van der Waals surface area contributed by atoms with E-state index >= 15 is 0 Å². The monoisotopic (exact) mass is 412 g/mol. The molecule has 0 spiro atoms. The molecule has 0 aliphatic heterocycles. The Morgan fingerprint density at radius 3 is 2.71 bits per heavy atom. The quantitative estimate of drug-likeness (QED) is 0.413. The zero-order valence-electron chi connectivity index (χ0n) is 17.0. The molecule has 6 rings (SSSR count). The van der Waals surface area contributed by atoms with E-state index in [9.17, 15) is 0 Å². The molecule has 0 saturated heterocycles. The molecule has 1 fully saturated rings. The summed E-state index contributed by atoms with van der Waals surface area (Å²) in [5, 5.41) is 19.1. The lowest BCUT2D eigenvalue weighted by Crippen LogP contribution is -2.04. The molecular weight excluding hydrogens is 392 g/mol. The molecule has 4 aromatic heterocycles. The van der Waals surface area contributed by atoms with E-state index in [1.165, 1.54) is 18.4 Å². The van der Waals surface area contributed by atoms with Gasteiger partial charge in [-0.25, -0.2) is 0 Å². The summed E-state index contributed by atoms with van der Waals surface area (Å²) in [5.41, 5.74) is 3.36. The van der Waals surface area contributed by atoms with Gasteiger partial charge in [0.15, 0.2) is 11.3 Å². The molecule has 5 aromatic rings. The summed E-state index contributed by atoms with van der Waals surface area (Å²) < 4.78 is 13.0. The Balaban J connectivity index is 1.35. The number of hydrogen-bond donors (Lipinski definition) is 0. The Kier molecular flexibility index (Phi) is 4.15. The van der Waals surface area contributed by atoms with Crippen LogP contribution in [0.5, 0.6) is 5.88 Å². The summed E-state index contributed by atoms with van der Waals surface area (Å²) in [6, 6.07) is 13.8. The SMILES string of the molecule is Cc1cc(-c2nnc3c4ccccc4c(OCc4ccc(CC5CC5)cn4)nn23)no1. The minimum atomic E-state index is 0.326. The van der Waals surface area contributed by atoms with Crippen molar-refractivity contribution in [3.8, 4) is 17.4 Å². The first-order valence-corrected chi connectivity index (χ1v) is 10.4. The summed E-state index contributed by atoms with van der Waals surface area (Å²) >= 11 is 0. The molecule has 0 atom stereocenters. The Bertz CT molecular complexity index is 1380. The molecule has 0 N–H and O–H groups in total. The van der Waals surface area contributed by atoms with Gasteiger partial charge in [0.1, 0.15) is 12.4 Å². The van der Waals surface area contributed by atoms with E-state index in [-0.39, 0.29) is 0 Å². The van der Waals surface area contributed by atoms with Gasteiger partial charge >= 0.3 is 0 Å². The van der Waals surface area contributed by atoms with E-state index in [0.717, 1.165) is 28.8 Å². The Morgan fingerprint density at radius 2 is 1.97 bits per heavy atom. The highest BCUT2D eigenvalue weighted by Crippen LogP contribution is 2.32. The third-order valence-corrected chi connectivity index (χ3v) is 5.55. The number of pyridine rings is 1. The average Bonchev–Trinajstić information content (AvgIpc) is 3.34. The van der Waals surface area contributed by atoms with Gasteiger partial charge in [0.05, 0.1) is 5.69 Å². The van der Waals surface area contributed by atoms with E-state index < -0.39 is 0 Å². The standard InChI is InChI=1S/C23H20N6O2/c1-14-10-20(28-31-14)22-26-25-21-18-4-2-3-5-19(18)23(27-29(21)22)30-13-17-9-8-16(12-24-17)11-15-6-7-15/h2-5,8-10,12,15H,6-7,11,13H2,1H3. The van der Waals surface area contributed by atoms with Gasteiger partial charge in [-0.2, -0.15) is 4.52 Å². The molecule has 0 unspecified atom stereocenters. The molecule has 0 radical (unpaired) electrons. The van der Waals surface area contributed by atoms with Crippen molar-refractivity contribution in [3.63, 3.8) is 0 Å². The number of aryl methyl sites for hydroxylation is 1. The van der Waals surface area contributed by atoms with Gasteiger partial charge in [0.2, 0.25) is 11.7 Å². The molecule has 1 aliphatic rings. The van der Waals surface area contributed by atoms with Crippen LogP contribution in [0, 0.1) is 12.8 Å².